The summed E-state index contributed by atoms with van der Waals surface area (Å²) < 4.78 is 1.18. The third kappa shape index (κ3) is 3.60. The van der Waals surface area contributed by atoms with Crippen LogP contribution < -0.4 is 0 Å². The molecule has 0 aromatic heterocycles. The first kappa shape index (κ1) is 12.1. The molecule has 1 saturated carbocycles. The van der Waals surface area contributed by atoms with Crippen LogP contribution in [0.1, 0.15) is 31.2 Å². The molecule has 0 N–H and O–H groups in total. The Bertz CT molecular complexity index is 331. The summed E-state index contributed by atoms with van der Waals surface area (Å²) in [6.45, 7) is 2.32. The van der Waals surface area contributed by atoms with Crippen LogP contribution in [0.25, 0.3) is 0 Å². The fourth-order valence-corrected chi connectivity index (χ4v) is 3.09. The minimum Gasteiger partial charge on any atom is -0.302 e. The summed E-state index contributed by atoms with van der Waals surface area (Å²) in [7, 11) is 2.24. The van der Waals surface area contributed by atoms with Gasteiger partial charge in [0.1, 0.15) is 0 Å². The van der Waals surface area contributed by atoms with E-state index in [1.807, 2.05) is 0 Å². The molecule has 0 bridgehead atoms. The minimum absolute atomic E-state index is 0.942. The Kier molecular flexibility index (Phi) is 4.42. The normalized spacial score (nSPS) is 17.2. The third-order valence-corrected chi connectivity index (χ3v) is 3.88. The molecule has 0 heterocycles. The molecule has 0 radical (unpaired) electrons. The molecular formula is C14H20BrN. The molecule has 0 saturated heterocycles. The fourth-order valence-electron chi connectivity index (χ4n) is 2.65. The van der Waals surface area contributed by atoms with Crippen LogP contribution in [0.5, 0.6) is 0 Å². The van der Waals surface area contributed by atoms with Crippen molar-refractivity contribution in [2.75, 3.05) is 13.6 Å². The SMILES string of the molecule is CN(Cc1cccc(Br)c1)CC1CCCC1. The minimum atomic E-state index is 0.942. The van der Waals surface area contributed by atoms with Crippen molar-refractivity contribution in [2.24, 2.45) is 5.92 Å². The zero-order valence-electron chi connectivity index (χ0n) is 9.95. The molecule has 1 aliphatic rings. The highest BCUT2D eigenvalue weighted by atomic mass is 79.9. The second kappa shape index (κ2) is 5.83. The Balaban J connectivity index is 1.84. The van der Waals surface area contributed by atoms with Gasteiger partial charge in [0.05, 0.1) is 0 Å². The number of nitrogens with zero attached hydrogens (tertiary/aromatic N) is 1. The van der Waals surface area contributed by atoms with Crippen molar-refractivity contribution >= 4 is 15.9 Å². The molecule has 1 aliphatic carbocycles. The van der Waals surface area contributed by atoms with Crippen molar-refractivity contribution in [2.45, 2.75) is 32.2 Å². The van der Waals surface area contributed by atoms with Gasteiger partial charge in [0.2, 0.25) is 0 Å². The maximum Gasteiger partial charge on any atom is 0.0231 e. The Morgan fingerprint density at radius 2 is 2.06 bits per heavy atom. The maximum absolute atomic E-state index is 3.52. The second-order valence-corrected chi connectivity index (χ2v) is 5.89. The van der Waals surface area contributed by atoms with E-state index in [9.17, 15) is 0 Å². The summed E-state index contributed by atoms with van der Waals surface area (Å²) in [6, 6.07) is 8.62. The highest BCUT2D eigenvalue weighted by molar-refractivity contribution is 9.10. The molecular weight excluding hydrogens is 262 g/mol. The quantitative estimate of drug-likeness (QED) is 0.804. The Hall–Kier alpha value is -0.340. The number of hydrogen-bond donors (Lipinski definition) is 0. The van der Waals surface area contributed by atoms with Gasteiger partial charge < -0.3 is 4.90 Å². The summed E-state index contributed by atoms with van der Waals surface area (Å²) in [5.41, 5.74) is 1.40. The van der Waals surface area contributed by atoms with Crippen LogP contribution in [0.15, 0.2) is 28.7 Å². The summed E-state index contributed by atoms with van der Waals surface area (Å²) in [6.07, 6.45) is 5.75. The number of benzene rings is 1. The zero-order valence-corrected chi connectivity index (χ0v) is 11.5. The summed E-state index contributed by atoms with van der Waals surface area (Å²) in [5, 5.41) is 0. The van der Waals surface area contributed by atoms with Gasteiger partial charge in [-0.05, 0) is 43.5 Å². The summed E-state index contributed by atoms with van der Waals surface area (Å²) >= 11 is 3.52. The highest BCUT2D eigenvalue weighted by Crippen LogP contribution is 2.25. The number of rotatable bonds is 4. The lowest BCUT2D eigenvalue weighted by Gasteiger charge is -2.20. The smallest absolute Gasteiger partial charge is 0.0231 e. The van der Waals surface area contributed by atoms with Crippen LogP contribution in [0.4, 0.5) is 0 Å². The average molecular weight is 282 g/mol. The predicted molar refractivity (Wildman–Crippen MR) is 72.4 cm³/mol. The Morgan fingerprint density at radius 3 is 2.75 bits per heavy atom. The van der Waals surface area contributed by atoms with Crippen LogP contribution >= 0.6 is 15.9 Å². The van der Waals surface area contributed by atoms with Gasteiger partial charge in [0, 0.05) is 17.6 Å². The molecule has 1 fully saturated rings. The average Bonchev–Trinajstić information content (AvgIpc) is 2.70. The van der Waals surface area contributed by atoms with Gasteiger partial charge in [-0.15, -0.1) is 0 Å². The van der Waals surface area contributed by atoms with Crippen LogP contribution in [0.2, 0.25) is 0 Å². The molecule has 88 valence electrons. The van der Waals surface area contributed by atoms with Gasteiger partial charge >= 0.3 is 0 Å². The van der Waals surface area contributed by atoms with Crippen molar-refractivity contribution in [3.63, 3.8) is 0 Å². The highest BCUT2D eigenvalue weighted by Gasteiger charge is 2.16. The third-order valence-electron chi connectivity index (χ3n) is 3.39. The van der Waals surface area contributed by atoms with Crippen LogP contribution in [0, 0.1) is 5.92 Å². The Labute approximate surface area is 107 Å². The van der Waals surface area contributed by atoms with Gasteiger partial charge in [0.25, 0.3) is 0 Å². The van der Waals surface area contributed by atoms with E-state index in [0.717, 1.165) is 12.5 Å². The van der Waals surface area contributed by atoms with Crippen molar-refractivity contribution in [3.8, 4) is 0 Å². The largest absolute Gasteiger partial charge is 0.302 e. The van der Waals surface area contributed by atoms with E-state index < -0.39 is 0 Å². The number of halogens is 1. The van der Waals surface area contributed by atoms with E-state index in [1.54, 1.807) is 0 Å². The molecule has 2 heteroatoms. The lowest BCUT2D eigenvalue weighted by atomic mass is 10.1. The van der Waals surface area contributed by atoms with Crippen LogP contribution in [-0.4, -0.2) is 18.5 Å². The summed E-state index contributed by atoms with van der Waals surface area (Å²) in [5.74, 6) is 0.942. The molecule has 0 unspecified atom stereocenters. The van der Waals surface area contributed by atoms with Gasteiger partial charge in [-0.3, -0.25) is 0 Å². The molecule has 16 heavy (non-hydrogen) atoms. The first-order valence-electron chi connectivity index (χ1n) is 6.17. The van der Waals surface area contributed by atoms with Crippen molar-refractivity contribution in [1.29, 1.82) is 0 Å². The first-order chi connectivity index (χ1) is 7.74. The molecule has 1 nitrogen and oxygen atoms in total. The van der Waals surface area contributed by atoms with E-state index >= 15 is 0 Å². The molecule has 0 atom stereocenters. The van der Waals surface area contributed by atoms with Crippen LogP contribution in [-0.2, 0) is 6.54 Å². The maximum atomic E-state index is 3.52. The lowest BCUT2D eigenvalue weighted by molar-refractivity contribution is 0.271. The first-order valence-corrected chi connectivity index (χ1v) is 6.96. The lowest BCUT2D eigenvalue weighted by Crippen LogP contribution is -2.24. The second-order valence-electron chi connectivity index (χ2n) is 4.98. The van der Waals surface area contributed by atoms with Gasteiger partial charge in [-0.2, -0.15) is 0 Å². The monoisotopic (exact) mass is 281 g/mol. The van der Waals surface area contributed by atoms with Crippen molar-refractivity contribution in [1.82, 2.24) is 4.90 Å². The molecule has 0 amide bonds. The molecule has 0 spiro atoms. The fraction of sp³-hybridized carbons (Fsp3) is 0.571. The van der Waals surface area contributed by atoms with Gasteiger partial charge in [-0.25, -0.2) is 0 Å². The van der Waals surface area contributed by atoms with E-state index in [2.05, 4.69) is 52.1 Å². The van der Waals surface area contributed by atoms with Crippen LogP contribution in [0.3, 0.4) is 0 Å². The molecule has 2 rings (SSSR count). The van der Waals surface area contributed by atoms with Crippen molar-refractivity contribution in [3.05, 3.63) is 34.3 Å². The Morgan fingerprint density at radius 1 is 1.31 bits per heavy atom. The van der Waals surface area contributed by atoms with Gasteiger partial charge in [0.15, 0.2) is 0 Å². The van der Waals surface area contributed by atoms with Crippen molar-refractivity contribution < 1.29 is 0 Å². The molecule has 0 aliphatic heterocycles. The topological polar surface area (TPSA) is 3.24 Å². The van der Waals surface area contributed by atoms with E-state index in [-0.39, 0.29) is 0 Å². The van der Waals surface area contributed by atoms with E-state index in [4.69, 9.17) is 0 Å². The summed E-state index contributed by atoms with van der Waals surface area (Å²) in [4.78, 5) is 2.46. The van der Waals surface area contributed by atoms with Gasteiger partial charge in [-0.1, -0.05) is 40.9 Å². The van der Waals surface area contributed by atoms with E-state index in [0.29, 0.717) is 0 Å². The zero-order chi connectivity index (χ0) is 11.4. The standard InChI is InChI=1S/C14H20BrN/c1-16(10-12-5-2-3-6-12)11-13-7-4-8-14(15)9-13/h4,7-9,12H,2-3,5-6,10-11H2,1H3. The van der Waals surface area contributed by atoms with E-state index in [1.165, 1.54) is 42.3 Å². The molecule has 1 aromatic carbocycles. The molecule has 1 aromatic rings. The number of hydrogen-bond acceptors (Lipinski definition) is 1. The predicted octanol–water partition coefficient (Wildman–Crippen LogP) is 4.07.